The van der Waals surface area contributed by atoms with E-state index in [1.807, 2.05) is 18.5 Å². The van der Waals surface area contributed by atoms with Crippen LogP contribution in [-0.2, 0) is 13.2 Å². The number of nitrogens with zero attached hydrogens (tertiary/aromatic N) is 2. The Morgan fingerprint density at radius 1 is 0.964 bits per heavy atom. The molecule has 3 aromatic carbocycles. The van der Waals surface area contributed by atoms with Gasteiger partial charge in [-0.2, -0.15) is 0 Å². The number of aryl methyl sites for hydroxylation is 2. The Hall–Kier alpha value is -3.33. The summed E-state index contributed by atoms with van der Waals surface area (Å²) in [6, 6.07) is 21.2. The van der Waals surface area contributed by atoms with Crippen LogP contribution in [0.15, 0.2) is 73.1 Å². The maximum Gasteiger partial charge on any atom is 0.127 e. The van der Waals surface area contributed by atoms with E-state index in [4.69, 9.17) is 4.74 Å². The number of aromatic nitrogens is 2. The predicted octanol–water partition coefficient (Wildman–Crippen LogP) is 5.68. The molecule has 0 saturated carbocycles. The molecule has 3 nitrogen and oxygen atoms in total. The van der Waals surface area contributed by atoms with Crippen molar-refractivity contribution in [1.82, 2.24) is 9.55 Å². The Bertz CT molecular complexity index is 1170. The first kappa shape index (κ1) is 16.8. The second kappa shape index (κ2) is 6.68. The lowest BCUT2D eigenvalue weighted by molar-refractivity contribution is 0.307. The number of ether oxygens (including phenoxy) is 1. The Balaban J connectivity index is 1.63. The van der Waals surface area contributed by atoms with E-state index < -0.39 is 0 Å². The molecule has 4 aromatic rings. The summed E-state index contributed by atoms with van der Waals surface area (Å²) in [4.78, 5) is 4.60. The van der Waals surface area contributed by atoms with E-state index in [0.717, 1.165) is 23.4 Å². The van der Waals surface area contributed by atoms with Gasteiger partial charge < -0.3 is 9.30 Å². The predicted molar refractivity (Wildman–Crippen MR) is 114 cm³/mol. The van der Waals surface area contributed by atoms with Gasteiger partial charge in [0.05, 0.1) is 17.4 Å². The summed E-state index contributed by atoms with van der Waals surface area (Å²) in [5, 5.41) is 0. The minimum atomic E-state index is 0.594. The molecule has 0 fully saturated rings. The molecule has 0 bridgehead atoms. The van der Waals surface area contributed by atoms with Gasteiger partial charge in [0, 0.05) is 12.1 Å². The van der Waals surface area contributed by atoms with Crippen LogP contribution in [0.3, 0.4) is 0 Å². The lowest BCUT2D eigenvalue weighted by Crippen LogP contribution is -1.97. The van der Waals surface area contributed by atoms with Gasteiger partial charge in [-0.15, -0.1) is 0 Å². The number of imidazole rings is 1. The summed E-state index contributed by atoms with van der Waals surface area (Å²) < 4.78 is 8.30. The normalized spacial score (nSPS) is 14.4. The highest BCUT2D eigenvalue weighted by atomic mass is 16.5. The molecule has 2 heterocycles. The summed E-state index contributed by atoms with van der Waals surface area (Å²) >= 11 is 0. The first-order chi connectivity index (χ1) is 13.7. The van der Waals surface area contributed by atoms with Crippen LogP contribution in [0.5, 0.6) is 5.75 Å². The van der Waals surface area contributed by atoms with Crippen LogP contribution < -0.4 is 4.74 Å². The van der Waals surface area contributed by atoms with Gasteiger partial charge >= 0.3 is 0 Å². The van der Waals surface area contributed by atoms with E-state index in [1.54, 1.807) is 0 Å². The number of benzene rings is 3. The van der Waals surface area contributed by atoms with Crippen molar-refractivity contribution in [3.63, 3.8) is 0 Å². The Kier molecular flexibility index (Phi) is 4.01. The number of hydrogen-bond acceptors (Lipinski definition) is 2. The lowest BCUT2D eigenvalue weighted by atomic mass is 9.94. The molecular weight excluding hydrogens is 344 g/mol. The third kappa shape index (κ3) is 2.80. The van der Waals surface area contributed by atoms with Crippen LogP contribution >= 0.6 is 0 Å². The zero-order chi connectivity index (χ0) is 19.1. The molecule has 1 aliphatic heterocycles. The van der Waals surface area contributed by atoms with Crippen molar-refractivity contribution in [2.75, 3.05) is 0 Å². The van der Waals surface area contributed by atoms with Crippen molar-refractivity contribution in [1.29, 1.82) is 0 Å². The van der Waals surface area contributed by atoms with Crippen molar-refractivity contribution >= 4 is 16.6 Å². The smallest absolute Gasteiger partial charge is 0.127 e. The second-order valence-corrected chi connectivity index (χ2v) is 7.38. The topological polar surface area (TPSA) is 27.1 Å². The minimum absolute atomic E-state index is 0.594. The first-order valence-corrected chi connectivity index (χ1v) is 9.63. The summed E-state index contributed by atoms with van der Waals surface area (Å²) in [5.41, 5.74) is 9.60. The summed E-state index contributed by atoms with van der Waals surface area (Å²) in [6.45, 7) is 5.64. The van der Waals surface area contributed by atoms with E-state index in [2.05, 4.69) is 78.0 Å². The Labute approximate surface area is 164 Å². The minimum Gasteiger partial charge on any atom is -0.488 e. The first-order valence-electron chi connectivity index (χ1n) is 9.63. The standard InChI is InChI=1S/C25H22N2O/c1-17-13-23-24(14-18(17)2)27(16-26-23)12-11-21-20-8-4-3-7-19(20)15-28-25-10-6-5-9-22(21)25/h3-11,13-14,16H,12,15H2,1-2H3/b21-11-. The van der Waals surface area contributed by atoms with Crippen molar-refractivity contribution in [3.8, 4) is 5.75 Å². The molecule has 28 heavy (non-hydrogen) atoms. The Morgan fingerprint density at radius 3 is 2.61 bits per heavy atom. The number of para-hydroxylation sites is 1. The fourth-order valence-corrected chi connectivity index (χ4v) is 3.89. The fourth-order valence-electron chi connectivity index (χ4n) is 3.89. The van der Waals surface area contributed by atoms with Gasteiger partial charge in [0.25, 0.3) is 0 Å². The van der Waals surface area contributed by atoms with Gasteiger partial charge in [-0.1, -0.05) is 48.5 Å². The van der Waals surface area contributed by atoms with Crippen LogP contribution in [0, 0.1) is 13.8 Å². The summed E-state index contributed by atoms with van der Waals surface area (Å²) in [6.07, 6.45) is 4.23. The number of fused-ring (bicyclic) bond motifs is 3. The van der Waals surface area contributed by atoms with E-state index in [9.17, 15) is 0 Å². The summed E-state index contributed by atoms with van der Waals surface area (Å²) in [7, 11) is 0. The highest BCUT2D eigenvalue weighted by Crippen LogP contribution is 2.36. The SMILES string of the molecule is Cc1cc2ncn(C/C=C3/c4ccccc4COc4ccccc43)c2cc1C. The molecule has 0 saturated heterocycles. The zero-order valence-corrected chi connectivity index (χ0v) is 16.1. The molecule has 0 spiro atoms. The Morgan fingerprint density at radius 2 is 1.71 bits per heavy atom. The van der Waals surface area contributed by atoms with E-state index in [-0.39, 0.29) is 0 Å². The number of rotatable bonds is 2. The molecule has 3 heteroatoms. The van der Waals surface area contributed by atoms with Crippen molar-refractivity contribution in [3.05, 3.63) is 101 Å². The number of allylic oxidation sites excluding steroid dienone is 1. The molecule has 0 amide bonds. The van der Waals surface area contributed by atoms with Gasteiger partial charge in [0.15, 0.2) is 0 Å². The van der Waals surface area contributed by atoms with Gasteiger partial charge in [-0.05, 0) is 59.9 Å². The molecule has 1 aromatic heterocycles. The quantitative estimate of drug-likeness (QED) is 0.456. The zero-order valence-electron chi connectivity index (χ0n) is 16.1. The van der Waals surface area contributed by atoms with E-state index >= 15 is 0 Å². The monoisotopic (exact) mass is 366 g/mol. The number of hydrogen-bond donors (Lipinski definition) is 0. The third-order valence-electron chi connectivity index (χ3n) is 5.60. The third-order valence-corrected chi connectivity index (χ3v) is 5.60. The molecule has 1 aliphatic rings. The molecule has 0 N–H and O–H groups in total. The van der Waals surface area contributed by atoms with Crippen LogP contribution in [0.4, 0.5) is 0 Å². The van der Waals surface area contributed by atoms with Crippen LogP contribution in [0.2, 0.25) is 0 Å². The second-order valence-electron chi connectivity index (χ2n) is 7.38. The van der Waals surface area contributed by atoms with Gasteiger partial charge in [-0.25, -0.2) is 4.98 Å². The van der Waals surface area contributed by atoms with Crippen molar-refractivity contribution < 1.29 is 4.74 Å². The van der Waals surface area contributed by atoms with E-state index in [1.165, 1.54) is 33.3 Å². The molecule has 0 atom stereocenters. The van der Waals surface area contributed by atoms with Gasteiger partial charge in [-0.3, -0.25) is 0 Å². The highest BCUT2D eigenvalue weighted by molar-refractivity contribution is 5.85. The molecule has 138 valence electrons. The highest BCUT2D eigenvalue weighted by Gasteiger charge is 2.18. The molecule has 0 radical (unpaired) electrons. The summed E-state index contributed by atoms with van der Waals surface area (Å²) in [5.74, 6) is 0.937. The average molecular weight is 366 g/mol. The average Bonchev–Trinajstić information content (AvgIpc) is 3.01. The van der Waals surface area contributed by atoms with Gasteiger partial charge in [0.2, 0.25) is 0 Å². The molecular formula is C25H22N2O. The maximum absolute atomic E-state index is 6.08. The maximum atomic E-state index is 6.08. The lowest BCUT2D eigenvalue weighted by Gasteiger charge is -2.11. The van der Waals surface area contributed by atoms with Gasteiger partial charge in [0.1, 0.15) is 12.4 Å². The van der Waals surface area contributed by atoms with Crippen LogP contribution in [-0.4, -0.2) is 9.55 Å². The molecule has 5 rings (SSSR count). The fraction of sp³-hybridized carbons (Fsp3) is 0.160. The largest absolute Gasteiger partial charge is 0.488 e. The molecule has 0 aliphatic carbocycles. The van der Waals surface area contributed by atoms with E-state index in [0.29, 0.717) is 6.61 Å². The van der Waals surface area contributed by atoms with Crippen molar-refractivity contribution in [2.24, 2.45) is 0 Å². The van der Waals surface area contributed by atoms with Crippen molar-refractivity contribution in [2.45, 2.75) is 27.0 Å². The van der Waals surface area contributed by atoms with Crippen LogP contribution in [0.25, 0.3) is 16.6 Å². The van der Waals surface area contributed by atoms with Crippen LogP contribution in [0.1, 0.15) is 27.8 Å². The molecule has 0 unspecified atom stereocenters.